The van der Waals surface area contributed by atoms with Gasteiger partial charge in [0, 0.05) is 24.1 Å². The zero-order valence-electron chi connectivity index (χ0n) is 10.1. The van der Waals surface area contributed by atoms with E-state index in [0.717, 1.165) is 4.47 Å². The maximum atomic E-state index is 11.9. The van der Waals surface area contributed by atoms with E-state index >= 15 is 0 Å². The Morgan fingerprint density at radius 2 is 2.11 bits per heavy atom. The fourth-order valence-corrected chi connectivity index (χ4v) is 2.93. The van der Waals surface area contributed by atoms with E-state index in [9.17, 15) is 8.42 Å². The molecule has 0 fully saturated rings. The highest BCUT2D eigenvalue weighted by atomic mass is 79.9. The van der Waals surface area contributed by atoms with Gasteiger partial charge in [-0.25, -0.2) is 13.1 Å². The van der Waals surface area contributed by atoms with Crippen LogP contribution >= 0.6 is 15.9 Å². The summed E-state index contributed by atoms with van der Waals surface area (Å²) in [6.07, 6.45) is -0.438. The van der Waals surface area contributed by atoms with E-state index in [2.05, 4.69) is 26.0 Å². The van der Waals surface area contributed by atoms with Crippen molar-refractivity contribution in [1.82, 2.24) is 10.0 Å². The minimum absolute atomic E-state index is 0.229. The molecule has 3 N–H and O–H groups in total. The van der Waals surface area contributed by atoms with E-state index in [0.29, 0.717) is 13.1 Å². The molecular weight excluding hydrogens is 320 g/mol. The molecule has 0 bridgehead atoms. The van der Waals surface area contributed by atoms with Gasteiger partial charge in [0.05, 0.1) is 11.0 Å². The highest BCUT2D eigenvalue weighted by Crippen LogP contribution is 2.15. The summed E-state index contributed by atoms with van der Waals surface area (Å²) in [5.74, 6) is 0. The summed E-state index contributed by atoms with van der Waals surface area (Å²) >= 11 is 3.23. The van der Waals surface area contributed by atoms with Gasteiger partial charge in [-0.2, -0.15) is 0 Å². The minimum Gasteiger partial charge on any atom is -0.392 e. The molecule has 0 saturated heterocycles. The van der Waals surface area contributed by atoms with Crippen LogP contribution in [-0.4, -0.2) is 39.3 Å². The second-order valence-electron chi connectivity index (χ2n) is 3.91. The summed E-state index contributed by atoms with van der Waals surface area (Å²) < 4.78 is 26.9. The Kier molecular flexibility index (Phi) is 6.24. The molecule has 102 valence electrons. The molecule has 1 aromatic rings. The van der Waals surface area contributed by atoms with Crippen molar-refractivity contribution < 1.29 is 13.5 Å². The maximum Gasteiger partial charge on any atom is 0.240 e. The first-order valence-corrected chi connectivity index (χ1v) is 7.83. The third-order valence-corrected chi connectivity index (χ3v) is 4.09. The first-order valence-electron chi connectivity index (χ1n) is 5.56. The van der Waals surface area contributed by atoms with Crippen LogP contribution in [0.15, 0.2) is 33.6 Å². The van der Waals surface area contributed by atoms with Crippen molar-refractivity contribution >= 4 is 26.0 Å². The molecular formula is C11H17BrN2O3S. The summed E-state index contributed by atoms with van der Waals surface area (Å²) in [4.78, 5) is 0.229. The Hall–Kier alpha value is -0.470. The van der Waals surface area contributed by atoms with E-state index in [1.807, 2.05) is 0 Å². The molecule has 18 heavy (non-hydrogen) atoms. The average Bonchev–Trinajstić information content (AvgIpc) is 2.28. The van der Waals surface area contributed by atoms with Crippen LogP contribution in [0.4, 0.5) is 0 Å². The van der Waals surface area contributed by atoms with Gasteiger partial charge in [0.2, 0.25) is 10.0 Å². The van der Waals surface area contributed by atoms with Crippen molar-refractivity contribution in [2.24, 2.45) is 0 Å². The zero-order chi connectivity index (χ0) is 13.6. The first-order chi connectivity index (χ1) is 8.42. The molecule has 5 nitrogen and oxygen atoms in total. The SMILES string of the molecule is CC(O)CNCCNS(=O)(=O)c1cccc(Br)c1. The zero-order valence-corrected chi connectivity index (χ0v) is 12.5. The predicted octanol–water partition coefficient (Wildman–Crippen LogP) is 0.698. The third-order valence-electron chi connectivity index (χ3n) is 2.14. The Labute approximate surface area is 116 Å². The highest BCUT2D eigenvalue weighted by molar-refractivity contribution is 9.10. The van der Waals surface area contributed by atoms with Gasteiger partial charge < -0.3 is 10.4 Å². The normalized spacial score (nSPS) is 13.5. The second-order valence-corrected chi connectivity index (χ2v) is 6.59. The van der Waals surface area contributed by atoms with Crippen molar-refractivity contribution in [3.63, 3.8) is 0 Å². The minimum atomic E-state index is -3.47. The van der Waals surface area contributed by atoms with Crippen molar-refractivity contribution in [2.45, 2.75) is 17.9 Å². The molecule has 0 spiro atoms. The van der Waals surface area contributed by atoms with Crippen LogP contribution in [0.25, 0.3) is 0 Å². The van der Waals surface area contributed by atoms with Crippen LogP contribution in [0, 0.1) is 0 Å². The fraction of sp³-hybridized carbons (Fsp3) is 0.455. The van der Waals surface area contributed by atoms with Crippen molar-refractivity contribution in [3.8, 4) is 0 Å². The van der Waals surface area contributed by atoms with Crippen LogP contribution in [-0.2, 0) is 10.0 Å². The summed E-state index contributed by atoms with van der Waals surface area (Å²) in [7, 11) is -3.47. The number of sulfonamides is 1. The van der Waals surface area contributed by atoms with E-state index in [1.54, 1.807) is 25.1 Å². The Morgan fingerprint density at radius 1 is 1.39 bits per heavy atom. The van der Waals surface area contributed by atoms with Crippen LogP contribution < -0.4 is 10.0 Å². The Balaban J connectivity index is 2.46. The second kappa shape index (κ2) is 7.20. The Morgan fingerprint density at radius 3 is 2.72 bits per heavy atom. The molecule has 0 aliphatic carbocycles. The summed E-state index contributed by atoms with van der Waals surface area (Å²) in [5, 5.41) is 11.9. The lowest BCUT2D eigenvalue weighted by Gasteiger charge is -2.09. The monoisotopic (exact) mass is 336 g/mol. The third kappa shape index (κ3) is 5.45. The smallest absolute Gasteiger partial charge is 0.240 e. The van der Waals surface area contributed by atoms with Gasteiger partial charge in [0.1, 0.15) is 0 Å². The predicted molar refractivity (Wildman–Crippen MR) is 73.9 cm³/mol. The summed E-state index contributed by atoms with van der Waals surface area (Å²) in [6.45, 7) is 2.86. The maximum absolute atomic E-state index is 11.9. The molecule has 0 amide bonds. The van der Waals surface area contributed by atoms with Crippen LogP contribution in [0.3, 0.4) is 0 Å². The van der Waals surface area contributed by atoms with Gasteiger partial charge in [-0.3, -0.25) is 0 Å². The molecule has 1 unspecified atom stereocenters. The summed E-state index contributed by atoms with van der Waals surface area (Å²) in [5.41, 5.74) is 0. The number of hydrogen-bond acceptors (Lipinski definition) is 4. The van der Waals surface area contributed by atoms with E-state index < -0.39 is 16.1 Å². The molecule has 0 aliphatic heterocycles. The van der Waals surface area contributed by atoms with Crippen LogP contribution in [0.5, 0.6) is 0 Å². The Bertz CT molecular complexity index is 477. The molecule has 0 radical (unpaired) electrons. The van der Waals surface area contributed by atoms with E-state index in [4.69, 9.17) is 5.11 Å². The van der Waals surface area contributed by atoms with Gasteiger partial charge in [-0.1, -0.05) is 22.0 Å². The fourth-order valence-electron chi connectivity index (χ4n) is 1.30. The van der Waals surface area contributed by atoms with Crippen LogP contribution in [0.2, 0.25) is 0 Å². The number of benzene rings is 1. The molecule has 0 aromatic heterocycles. The number of aliphatic hydroxyl groups is 1. The van der Waals surface area contributed by atoms with Gasteiger partial charge in [0.15, 0.2) is 0 Å². The molecule has 0 heterocycles. The van der Waals surface area contributed by atoms with Crippen molar-refractivity contribution in [3.05, 3.63) is 28.7 Å². The largest absolute Gasteiger partial charge is 0.392 e. The molecule has 0 aliphatic rings. The lowest BCUT2D eigenvalue weighted by atomic mass is 10.4. The van der Waals surface area contributed by atoms with Gasteiger partial charge in [0.25, 0.3) is 0 Å². The van der Waals surface area contributed by atoms with Gasteiger partial charge >= 0.3 is 0 Å². The number of nitrogens with one attached hydrogen (secondary N) is 2. The number of hydrogen-bond donors (Lipinski definition) is 3. The molecule has 1 atom stereocenters. The van der Waals surface area contributed by atoms with Crippen molar-refractivity contribution in [1.29, 1.82) is 0 Å². The molecule has 0 saturated carbocycles. The lowest BCUT2D eigenvalue weighted by Crippen LogP contribution is -2.34. The average molecular weight is 337 g/mol. The molecule has 1 rings (SSSR count). The quantitative estimate of drug-likeness (QED) is 0.640. The van der Waals surface area contributed by atoms with Crippen molar-refractivity contribution in [2.75, 3.05) is 19.6 Å². The molecule has 1 aromatic carbocycles. The van der Waals surface area contributed by atoms with E-state index in [1.165, 1.54) is 6.07 Å². The lowest BCUT2D eigenvalue weighted by molar-refractivity contribution is 0.192. The molecule has 7 heteroatoms. The highest BCUT2D eigenvalue weighted by Gasteiger charge is 2.12. The van der Waals surface area contributed by atoms with Gasteiger partial charge in [-0.05, 0) is 25.1 Å². The summed E-state index contributed by atoms with van der Waals surface area (Å²) in [6, 6.07) is 6.52. The van der Waals surface area contributed by atoms with Gasteiger partial charge in [-0.15, -0.1) is 0 Å². The first kappa shape index (κ1) is 15.6. The number of aliphatic hydroxyl groups excluding tert-OH is 1. The number of rotatable bonds is 7. The van der Waals surface area contributed by atoms with E-state index in [-0.39, 0.29) is 11.4 Å². The number of halogens is 1. The van der Waals surface area contributed by atoms with Crippen LogP contribution in [0.1, 0.15) is 6.92 Å². The standard InChI is InChI=1S/C11H17BrN2O3S/c1-9(15)8-13-5-6-14-18(16,17)11-4-2-3-10(12)7-11/h2-4,7,9,13-15H,5-6,8H2,1H3. The topological polar surface area (TPSA) is 78.4 Å².